The van der Waals surface area contributed by atoms with Crippen LogP contribution in [0.25, 0.3) is 44.8 Å². The number of fused-ring (bicyclic) bond motifs is 10. The topological polar surface area (TPSA) is 38.7 Å². The summed E-state index contributed by atoms with van der Waals surface area (Å²) in [6, 6.07) is 35.9. The number of rotatable bonds is 2. The molecule has 4 aromatic carbocycles. The normalized spacial score (nSPS) is 15.9. The summed E-state index contributed by atoms with van der Waals surface area (Å²) in [6.07, 6.45) is 1.96. The molecule has 0 saturated heterocycles. The minimum atomic E-state index is -0.402. The Kier molecular flexibility index (Phi) is 5.00. The number of nitrogens with zero attached hydrogens (tertiary/aromatic N) is 3. The number of benzene rings is 4. The van der Waals surface area contributed by atoms with Crippen LogP contribution in [0.2, 0.25) is 0 Å². The molecule has 1 unspecified atom stereocenters. The zero-order chi connectivity index (χ0) is 27.9. The molecule has 1 atom stereocenters. The van der Waals surface area contributed by atoms with Crippen LogP contribution in [-0.2, 0) is 5.41 Å². The lowest BCUT2D eigenvalue weighted by atomic mass is 9.70. The monoisotopic (exact) mass is 527 g/mol. The van der Waals surface area contributed by atoms with E-state index < -0.39 is 5.41 Å². The molecule has 196 valence electrons. The van der Waals surface area contributed by atoms with Gasteiger partial charge in [-0.05, 0) is 102 Å². The first-order valence-electron chi connectivity index (χ1n) is 14.2. The second kappa shape index (κ2) is 8.55. The van der Waals surface area contributed by atoms with Gasteiger partial charge in [0, 0.05) is 34.4 Å². The second-order valence-corrected chi connectivity index (χ2v) is 11.4. The fourth-order valence-corrected chi connectivity index (χ4v) is 7.32. The van der Waals surface area contributed by atoms with Crippen LogP contribution in [0.1, 0.15) is 44.9 Å². The lowest BCUT2D eigenvalue weighted by molar-refractivity contribution is 0.794. The van der Waals surface area contributed by atoms with E-state index in [9.17, 15) is 0 Å². The van der Waals surface area contributed by atoms with Gasteiger partial charge in [0.1, 0.15) is 0 Å². The van der Waals surface area contributed by atoms with E-state index in [4.69, 9.17) is 15.0 Å². The van der Waals surface area contributed by atoms with Gasteiger partial charge in [-0.2, -0.15) is 0 Å². The Hall–Kier alpha value is -4.89. The Morgan fingerprint density at radius 3 is 1.93 bits per heavy atom. The van der Waals surface area contributed by atoms with Gasteiger partial charge < -0.3 is 0 Å². The quantitative estimate of drug-likeness (QED) is 0.225. The highest BCUT2D eigenvalue weighted by molar-refractivity contribution is 6.00. The average molecular weight is 528 g/mol. The average Bonchev–Trinajstić information content (AvgIpc) is 3.45. The predicted octanol–water partition coefficient (Wildman–Crippen LogP) is 8.78. The largest absolute Gasteiger partial charge is 0.261 e. The summed E-state index contributed by atoms with van der Waals surface area (Å²) in [7, 11) is 0. The molecule has 0 saturated carbocycles. The Bertz CT molecular complexity index is 2030. The van der Waals surface area contributed by atoms with Crippen molar-refractivity contribution in [2.45, 2.75) is 33.1 Å². The molecule has 2 aliphatic carbocycles. The maximum absolute atomic E-state index is 4.79. The Morgan fingerprint density at radius 1 is 0.512 bits per heavy atom. The van der Waals surface area contributed by atoms with Crippen LogP contribution < -0.4 is 0 Å². The van der Waals surface area contributed by atoms with Crippen molar-refractivity contribution in [1.29, 1.82) is 0 Å². The zero-order valence-corrected chi connectivity index (χ0v) is 23.7. The van der Waals surface area contributed by atoms with Gasteiger partial charge in [-0.1, -0.05) is 78.9 Å². The van der Waals surface area contributed by atoms with Gasteiger partial charge in [-0.25, -0.2) is 9.97 Å². The highest BCUT2D eigenvalue weighted by Crippen LogP contribution is 2.64. The van der Waals surface area contributed by atoms with E-state index in [1.165, 1.54) is 61.2 Å². The van der Waals surface area contributed by atoms with E-state index in [0.717, 1.165) is 28.5 Å². The van der Waals surface area contributed by atoms with Crippen LogP contribution in [0.15, 0.2) is 103 Å². The summed E-state index contributed by atoms with van der Waals surface area (Å²) in [5, 5.41) is 0. The minimum Gasteiger partial charge on any atom is -0.261 e. The molecule has 3 heteroatoms. The number of hydrogen-bond acceptors (Lipinski definition) is 3. The molecule has 2 aromatic heterocycles. The molecule has 41 heavy (non-hydrogen) atoms. The summed E-state index contributed by atoms with van der Waals surface area (Å²) in [6.45, 7) is 8.30. The number of hydrogen-bond donors (Lipinski definition) is 0. The van der Waals surface area contributed by atoms with Gasteiger partial charge in [-0.3, -0.25) is 4.98 Å². The van der Waals surface area contributed by atoms with Crippen LogP contribution in [0.4, 0.5) is 0 Å². The molecule has 0 amide bonds. The molecular formula is C38H29N3. The van der Waals surface area contributed by atoms with E-state index in [-0.39, 0.29) is 0 Å². The Labute approximate surface area is 240 Å². The molecule has 2 aliphatic rings. The molecule has 2 heterocycles. The smallest absolute Gasteiger partial charge is 0.159 e. The summed E-state index contributed by atoms with van der Waals surface area (Å²) < 4.78 is 0. The molecule has 6 aromatic rings. The third-order valence-corrected chi connectivity index (χ3v) is 8.87. The zero-order valence-electron chi connectivity index (χ0n) is 23.7. The third kappa shape index (κ3) is 3.23. The van der Waals surface area contributed by atoms with Crippen LogP contribution >= 0.6 is 0 Å². The molecule has 0 aliphatic heterocycles. The number of aryl methyl sites for hydroxylation is 4. The van der Waals surface area contributed by atoms with Gasteiger partial charge in [0.25, 0.3) is 0 Å². The van der Waals surface area contributed by atoms with Crippen molar-refractivity contribution in [3.8, 4) is 44.8 Å². The van der Waals surface area contributed by atoms with Gasteiger partial charge in [0.2, 0.25) is 0 Å². The lowest BCUT2D eigenvalue weighted by Gasteiger charge is -2.30. The fourth-order valence-electron chi connectivity index (χ4n) is 7.32. The van der Waals surface area contributed by atoms with E-state index in [1.54, 1.807) is 0 Å². The van der Waals surface area contributed by atoms with Gasteiger partial charge in [0.15, 0.2) is 5.82 Å². The van der Waals surface area contributed by atoms with Gasteiger partial charge >= 0.3 is 0 Å². The van der Waals surface area contributed by atoms with Crippen LogP contribution in [0.5, 0.6) is 0 Å². The Morgan fingerprint density at radius 2 is 1.15 bits per heavy atom. The molecule has 0 N–H and O–H groups in total. The molecule has 0 bridgehead atoms. The standard InChI is InChI=1S/C38H29N3/c1-22-18-30(25(4)39-21-22)28-12-9-15-35-36(28)29-11-6-8-14-33(29)38(35)32-13-7-5-10-27(32)31-20-26(16-17-34(31)38)37-40-23(2)19-24(3)41-37/h5-21H,1-4H3. The molecule has 3 nitrogen and oxygen atoms in total. The minimum absolute atomic E-state index is 0.402. The second-order valence-electron chi connectivity index (χ2n) is 11.4. The number of aromatic nitrogens is 3. The third-order valence-electron chi connectivity index (χ3n) is 8.87. The first-order chi connectivity index (χ1) is 20.0. The van der Waals surface area contributed by atoms with Crippen LogP contribution in [-0.4, -0.2) is 15.0 Å². The highest BCUT2D eigenvalue weighted by Gasteiger charge is 2.52. The van der Waals surface area contributed by atoms with E-state index in [0.29, 0.717) is 0 Å². The molecular weight excluding hydrogens is 498 g/mol. The highest BCUT2D eigenvalue weighted by atomic mass is 14.9. The van der Waals surface area contributed by atoms with Crippen molar-refractivity contribution in [3.63, 3.8) is 0 Å². The first kappa shape index (κ1) is 24.0. The summed E-state index contributed by atoms with van der Waals surface area (Å²) >= 11 is 0. The van der Waals surface area contributed by atoms with E-state index >= 15 is 0 Å². The maximum Gasteiger partial charge on any atom is 0.159 e. The van der Waals surface area contributed by atoms with Crippen LogP contribution in [0.3, 0.4) is 0 Å². The van der Waals surface area contributed by atoms with E-state index in [2.05, 4.69) is 105 Å². The SMILES string of the molecule is Cc1cnc(C)c(-c2cccc3c2-c2ccccc2C32c3ccccc3-c3cc(-c4nc(C)cc(C)n4)ccc32)c1. The van der Waals surface area contributed by atoms with E-state index in [1.807, 2.05) is 26.1 Å². The molecule has 1 spiro atoms. The summed E-state index contributed by atoms with van der Waals surface area (Å²) in [5.74, 6) is 0.778. The van der Waals surface area contributed by atoms with Crippen LogP contribution in [0, 0.1) is 27.7 Å². The molecule has 0 fully saturated rings. The maximum atomic E-state index is 4.79. The van der Waals surface area contributed by atoms with Crippen molar-refractivity contribution in [2.75, 3.05) is 0 Å². The predicted molar refractivity (Wildman–Crippen MR) is 166 cm³/mol. The molecule has 0 radical (unpaired) electrons. The first-order valence-corrected chi connectivity index (χ1v) is 14.2. The summed E-state index contributed by atoms with van der Waals surface area (Å²) in [4.78, 5) is 14.3. The van der Waals surface area contributed by atoms with Crippen molar-refractivity contribution in [1.82, 2.24) is 15.0 Å². The van der Waals surface area contributed by atoms with Gasteiger partial charge in [-0.15, -0.1) is 0 Å². The molecule has 8 rings (SSSR count). The fraction of sp³-hybridized carbons (Fsp3) is 0.132. The van der Waals surface area contributed by atoms with Crippen molar-refractivity contribution >= 4 is 0 Å². The van der Waals surface area contributed by atoms with Crippen molar-refractivity contribution < 1.29 is 0 Å². The lowest BCUT2D eigenvalue weighted by Crippen LogP contribution is -2.25. The van der Waals surface area contributed by atoms with Crippen molar-refractivity contribution in [3.05, 3.63) is 148 Å². The number of pyridine rings is 1. The van der Waals surface area contributed by atoms with Crippen molar-refractivity contribution in [2.24, 2.45) is 0 Å². The Balaban J connectivity index is 1.47. The summed E-state index contributed by atoms with van der Waals surface area (Å²) in [5.41, 5.74) is 17.7. The van der Waals surface area contributed by atoms with Gasteiger partial charge in [0.05, 0.1) is 5.41 Å².